The van der Waals surface area contributed by atoms with Gasteiger partial charge in [-0.2, -0.15) is 0 Å². The highest BCUT2D eigenvalue weighted by Gasteiger charge is 2.41. The number of carbonyl (C=O) groups is 2. The second kappa shape index (κ2) is 6.67. The summed E-state index contributed by atoms with van der Waals surface area (Å²) in [4.78, 5) is 28.7. The summed E-state index contributed by atoms with van der Waals surface area (Å²) in [5.41, 5.74) is 0.822. The Morgan fingerprint density at radius 3 is 2.68 bits per heavy atom. The Kier molecular flexibility index (Phi) is 4.73. The maximum Gasteiger partial charge on any atom is 0.270 e. The van der Waals surface area contributed by atoms with Gasteiger partial charge in [-0.3, -0.25) is 9.59 Å². The average Bonchev–Trinajstić information content (AvgIpc) is 2.56. The Labute approximate surface area is 148 Å². The molecule has 0 aliphatic carbocycles. The van der Waals surface area contributed by atoms with Crippen molar-refractivity contribution >= 4 is 17.5 Å². The number of hydrogen-bond acceptors (Lipinski definition) is 4. The van der Waals surface area contributed by atoms with Crippen molar-refractivity contribution in [1.82, 2.24) is 4.90 Å². The first-order chi connectivity index (χ1) is 11.8. The lowest BCUT2D eigenvalue weighted by Crippen LogP contribution is -2.53. The summed E-state index contributed by atoms with van der Waals surface area (Å²) in [6, 6.07) is 5.75. The van der Waals surface area contributed by atoms with Crippen LogP contribution in [0, 0.1) is 6.92 Å². The highest BCUT2D eigenvalue weighted by molar-refractivity contribution is 6.02. The monoisotopic (exact) mass is 346 g/mol. The van der Waals surface area contributed by atoms with Crippen LogP contribution in [0.4, 0.5) is 5.69 Å². The number of aliphatic hydroxyl groups excluding tert-OH is 1. The number of amides is 2. The number of aryl methyl sites for hydroxylation is 1. The summed E-state index contributed by atoms with van der Waals surface area (Å²) in [7, 11) is 0. The normalized spacial score (nSPS) is 20.2. The minimum absolute atomic E-state index is 0.0261. The molecule has 1 fully saturated rings. The van der Waals surface area contributed by atoms with Crippen LogP contribution in [0.15, 0.2) is 18.2 Å². The first kappa shape index (κ1) is 17.7. The van der Waals surface area contributed by atoms with Crippen LogP contribution in [-0.4, -0.2) is 53.2 Å². The quantitative estimate of drug-likeness (QED) is 0.907. The number of hydrogen-bond donors (Lipinski definition) is 1. The van der Waals surface area contributed by atoms with Crippen molar-refractivity contribution in [3.8, 4) is 5.75 Å². The molecule has 2 amide bonds. The molecule has 0 saturated carbocycles. The Hall–Kier alpha value is -2.08. The summed E-state index contributed by atoms with van der Waals surface area (Å²) >= 11 is 0. The van der Waals surface area contributed by atoms with E-state index < -0.39 is 5.60 Å². The van der Waals surface area contributed by atoms with Crippen LogP contribution < -0.4 is 9.64 Å². The molecule has 2 heterocycles. The van der Waals surface area contributed by atoms with Crippen LogP contribution in [0.5, 0.6) is 5.75 Å². The van der Waals surface area contributed by atoms with Crippen LogP contribution in [-0.2, 0) is 9.59 Å². The largest absolute Gasteiger partial charge is 0.476 e. The molecule has 1 N–H and O–H groups in total. The number of carbonyl (C=O) groups excluding carboxylic acids is 2. The minimum Gasteiger partial charge on any atom is -0.476 e. The average molecular weight is 346 g/mol. The van der Waals surface area contributed by atoms with Crippen molar-refractivity contribution < 1.29 is 19.4 Å². The molecule has 6 heteroatoms. The van der Waals surface area contributed by atoms with E-state index in [2.05, 4.69) is 0 Å². The molecule has 0 atom stereocenters. The summed E-state index contributed by atoms with van der Waals surface area (Å²) in [6.45, 7) is 6.96. The Balaban J connectivity index is 1.73. The van der Waals surface area contributed by atoms with E-state index in [-0.39, 0.29) is 24.3 Å². The van der Waals surface area contributed by atoms with Crippen LogP contribution in [0.3, 0.4) is 0 Å². The maximum absolute atomic E-state index is 12.8. The fraction of sp³-hybridized carbons (Fsp3) is 0.579. The van der Waals surface area contributed by atoms with Gasteiger partial charge >= 0.3 is 0 Å². The second-order valence-corrected chi connectivity index (χ2v) is 7.40. The van der Waals surface area contributed by atoms with E-state index >= 15 is 0 Å². The van der Waals surface area contributed by atoms with E-state index in [4.69, 9.17) is 4.74 Å². The maximum atomic E-state index is 12.8. The number of nitrogens with zero attached hydrogens (tertiary/aromatic N) is 2. The number of likely N-dealkylation sites (tertiary alicyclic amines) is 1. The third-order valence-corrected chi connectivity index (χ3v) is 4.90. The topological polar surface area (TPSA) is 70.1 Å². The van der Waals surface area contributed by atoms with Gasteiger partial charge in [0.1, 0.15) is 5.75 Å². The number of fused-ring (bicyclic) bond motifs is 1. The van der Waals surface area contributed by atoms with Crippen molar-refractivity contribution in [2.75, 3.05) is 24.5 Å². The molecule has 2 aliphatic heterocycles. The molecule has 2 aliphatic rings. The highest BCUT2D eigenvalue weighted by atomic mass is 16.5. The molecule has 136 valence electrons. The predicted molar refractivity (Wildman–Crippen MR) is 94.7 cm³/mol. The van der Waals surface area contributed by atoms with Gasteiger partial charge in [-0.15, -0.1) is 0 Å². The van der Waals surface area contributed by atoms with Gasteiger partial charge < -0.3 is 19.6 Å². The van der Waals surface area contributed by atoms with Crippen molar-refractivity contribution in [1.29, 1.82) is 0 Å². The van der Waals surface area contributed by atoms with Gasteiger partial charge in [0.2, 0.25) is 5.91 Å². The first-order valence-corrected chi connectivity index (χ1v) is 8.85. The molecular weight excluding hydrogens is 320 g/mol. The van der Waals surface area contributed by atoms with Gasteiger partial charge in [0, 0.05) is 26.1 Å². The van der Waals surface area contributed by atoms with Crippen LogP contribution >= 0.6 is 0 Å². The van der Waals surface area contributed by atoms with E-state index in [0.29, 0.717) is 38.2 Å². The number of aliphatic hydroxyl groups is 1. The lowest BCUT2D eigenvalue weighted by atomic mass is 10.0. The van der Waals surface area contributed by atoms with E-state index in [1.54, 1.807) is 23.6 Å². The molecule has 25 heavy (non-hydrogen) atoms. The number of piperidine rings is 1. The molecular formula is C19H26N2O4. The van der Waals surface area contributed by atoms with Crippen molar-refractivity contribution in [2.45, 2.75) is 51.7 Å². The van der Waals surface area contributed by atoms with Gasteiger partial charge in [-0.05, 0) is 51.3 Å². The van der Waals surface area contributed by atoms with E-state index in [9.17, 15) is 14.7 Å². The number of benzene rings is 1. The zero-order valence-corrected chi connectivity index (χ0v) is 15.1. The van der Waals surface area contributed by atoms with E-state index in [0.717, 1.165) is 11.3 Å². The molecule has 0 spiro atoms. The van der Waals surface area contributed by atoms with Crippen molar-refractivity contribution in [3.05, 3.63) is 23.8 Å². The molecule has 3 rings (SSSR count). The molecule has 0 unspecified atom stereocenters. The summed E-state index contributed by atoms with van der Waals surface area (Å²) < 4.78 is 5.84. The minimum atomic E-state index is -0.944. The molecule has 1 saturated heterocycles. The van der Waals surface area contributed by atoms with Gasteiger partial charge in [0.25, 0.3) is 5.91 Å². The Bertz CT molecular complexity index is 678. The summed E-state index contributed by atoms with van der Waals surface area (Å²) in [5.74, 6) is 0.564. The molecule has 0 radical (unpaired) electrons. The molecule has 1 aromatic rings. The summed E-state index contributed by atoms with van der Waals surface area (Å²) in [6.07, 6.45) is 1.21. The van der Waals surface area contributed by atoms with Crippen LogP contribution in [0.2, 0.25) is 0 Å². The third-order valence-electron chi connectivity index (χ3n) is 4.90. The highest BCUT2D eigenvalue weighted by Crippen LogP contribution is 2.38. The standard InChI is InChI=1S/C19H26N2O4/c1-13-4-5-16-15(12-13)21(18(24)19(2,3)25-16)11-8-17(23)20-9-6-14(22)7-10-20/h4-5,12,14,22H,6-11H2,1-3H3. The second-order valence-electron chi connectivity index (χ2n) is 7.40. The molecule has 0 bridgehead atoms. The van der Waals surface area contributed by atoms with E-state index in [1.807, 2.05) is 25.1 Å². The zero-order valence-electron chi connectivity index (χ0n) is 15.1. The first-order valence-electron chi connectivity index (χ1n) is 8.85. The number of rotatable bonds is 3. The lowest BCUT2D eigenvalue weighted by Gasteiger charge is -2.39. The number of anilines is 1. The fourth-order valence-electron chi connectivity index (χ4n) is 3.38. The van der Waals surface area contributed by atoms with Crippen LogP contribution in [0.1, 0.15) is 38.7 Å². The van der Waals surface area contributed by atoms with Gasteiger partial charge in [-0.25, -0.2) is 0 Å². The fourth-order valence-corrected chi connectivity index (χ4v) is 3.38. The van der Waals surface area contributed by atoms with Crippen LogP contribution in [0.25, 0.3) is 0 Å². The predicted octanol–water partition coefficient (Wildman–Crippen LogP) is 1.87. The third kappa shape index (κ3) is 3.63. The van der Waals surface area contributed by atoms with Crippen molar-refractivity contribution in [3.63, 3.8) is 0 Å². The molecule has 0 aromatic heterocycles. The summed E-state index contributed by atoms with van der Waals surface area (Å²) in [5, 5.41) is 9.57. The van der Waals surface area contributed by atoms with Gasteiger partial charge in [0.05, 0.1) is 11.8 Å². The molecule has 1 aromatic carbocycles. The SMILES string of the molecule is Cc1ccc2c(c1)N(CCC(=O)N1CCC(O)CC1)C(=O)C(C)(C)O2. The molecule has 6 nitrogen and oxygen atoms in total. The van der Waals surface area contributed by atoms with E-state index in [1.165, 1.54) is 0 Å². The van der Waals surface area contributed by atoms with Crippen molar-refractivity contribution in [2.24, 2.45) is 0 Å². The van der Waals surface area contributed by atoms with Gasteiger partial charge in [0.15, 0.2) is 5.60 Å². The Morgan fingerprint density at radius 2 is 2.00 bits per heavy atom. The number of ether oxygens (including phenoxy) is 1. The van der Waals surface area contributed by atoms with Gasteiger partial charge in [-0.1, -0.05) is 6.07 Å². The smallest absolute Gasteiger partial charge is 0.270 e. The lowest BCUT2D eigenvalue weighted by molar-refractivity contribution is -0.134. The zero-order chi connectivity index (χ0) is 18.2. The Morgan fingerprint density at radius 1 is 1.32 bits per heavy atom.